The highest BCUT2D eigenvalue weighted by atomic mass is 35.5. The Morgan fingerprint density at radius 3 is 1.23 bits per heavy atom. The quantitative estimate of drug-likeness (QED) is 0.0333. The van der Waals surface area contributed by atoms with Crippen molar-refractivity contribution in [3.63, 3.8) is 0 Å². The van der Waals surface area contributed by atoms with E-state index in [0.29, 0.717) is 23.1 Å². The highest BCUT2D eigenvalue weighted by Gasteiger charge is 2.28. The smallest absolute Gasteiger partial charge is 0.258 e. The topological polar surface area (TPSA) is 218 Å². The fourth-order valence-electron chi connectivity index (χ4n) is 5.88. The van der Waals surface area contributed by atoms with Crippen LogP contribution < -0.4 is 30.7 Å². The number of anilines is 4. The first-order valence-electron chi connectivity index (χ1n) is 20.0. The SMILES string of the molecule is CCOc1cc(NC(=O)C(N=Nc2cccc(C(=O)Nc3ccc(CCl)cc3)c2Cl)C(C)=O)c(OCC)cc1NC(=O)C(N=Nc1cccc(C(=O)Nc2ccc(CCl)cc2)c1Cl)C(C)=O. The lowest BCUT2D eigenvalue weighted by Crippen LogP contribution is -2.32. The van der Waals surface area contributed by atoms with Gasteiger partial charge in [0.25, 0.3) is 23.6 Å². The molecule has 0 radical (unpaired) electrons. The van der Waals surface area contributed by atoms with Crippen molar-refractivity contribution in [1.29, 1.82) is 0 Å². The van der Waals surface area contributed by atoms with Crippen LogP contribution in [-0.4, -0.2) is 60.5 Å². The van der Waals surface area contributed by atoms with E-state index >= 15 is 0 Å². The summed E-state index contributed by atoms with van der Waals surface area (Å²) in [6.07, 6.45) is 0. The molecular formula is C46H42Cl4N8O8. The fourth-order valence-corrected chi connectivity index (χ4v) is 6.74. The molecule has 0 saturated heterocycles. The summed E-state index contributed by atoms with van der Waals surface area (Å²) in [5, 5.41) is 26.7. The number of ether oxygens (including phenoxy) is 2. The maximum absolute atomic E-state index is 13.7. The molecule has 0 spiro atoms. The molecule has 0 fully saturated rings. The number of hydrogen-bond acceptors (Lipinski definition) is 12. The summed E-state index contributed by atoms with van der Waals surface area (Å²) in [6.45, 7) is 5.85. The van der Waals surface area contributed by atoms with Gasteiger partial charge in [0.15, 0.2) is 11.6 Å². The largest absolute Gasteiger partial charge is 0.492 e. The normalized spacial score (nSPS) is 12.0. The van der Waals surface area contributed by atoms with Gasteiger partial charge in [0.05, 0.1) is 45.8 Å². The summed E-state index contributed by atoms with van der Waals surface area (Å²) in [5.74, 6) is -3.53. The molecule has 342 valence electrons. The minimum atomic E-state index is -1.68. The Morgan fingerprint density at radius 2 is 0.909 bits per heavy atom. The average Bonchev–Trinajstić information content (AvgIpc) is 3.29. The van der Waals surface area contributed by atoms with Gasteiger partial charge < -0.3 is 30.7 Å². The number of benzene rings is 5. The number of rotatable bonds is 20. The van der Waals surface area contributed by atoms with Crippen LogP contribution in [0.25, 0.3) is 0 Å². The summed E-state index contributed by atoms with van der Waals surface area (Å²) >= 11 is 24.8. The fraction of sp³-hybridized carbons (Fsp3) is 0.217. The molecule has 0 saturated carbocycles. The Hall–Kier alpha value is -6.72. The molecule has 4 N–H and O–H groups in total. The van der Waals surface area contributed by atoms with E-state index in [-0.39, 0.29) is 68.6 Å². The zero-order valence-corrected chi connectivity index (χ0v) is 38.8. The zero-order chi connectivity index (χ0) is 47.9. The maximum Gasteiger partial charge on any atom is 0.258 e. The Bertz CT molecular complexity index is 2500. The van der Waals surface area contributed by atoms with Crippen LogP contribution in [0.1, 0.15) is 59.5 Å². The number of hydrogen-bond donors (Lipinski definition) is 4. The van der Waals surface area contributed by atoms with Crippen LogP contribution in [0.3, 0.4) is 0 Å². The monoisotopic (exact) mass is 974 g/mol. The predicted octanol–water partition coefficient (Wildman–Crippen LogP) is 11.1. The third kappa shape index (κ3) is 13.2. The van der Waals surface area contributed by atoms with Crippen LogP contribution in [0.15, 0.2) is 118 Å². The van der Waals surface area contributed by atoms with Gasteiger partial charge in [0.1, 0.15) is 22.9 Å². The molecule has 0 aliphatic carbocycles. The summed E-state index contributed by atoms with van der Waals surface area (Å²) in [6, 6.07) is 22.1. The second kappa shape index (κ2) is 24.0. The van der Waals surface area contributed by atoms with Crippen LogP contribution in [0.4, 0.5) is 34.1 Å². The second-order valence-corrected chi connectivity index (χ2v) is 15.3. The zero-order valence-electron chi connectivity index (χ0n) is 35.8. The molecule has 0 aliphatic rings. The van der Waals surface area contributed by atoms with E-state index in [1.54, 1.807) is 62.4 Å². The number of alkyl halides is 2. The van der Waals surface area contributed by atoms with Crippen molar-refractivity contribution in [3.05, 3.63) is 129 Å². The number of nitrogens with one attached hydrogen (secondary N) is 4. The van der Waals surface area contributed by atoms with Crippen LogP contribution in [0.5, 0.6) is 11.5 Å². The van der Waals surface area contributed by atoms with E-state index in [0.717, 1.165) is 25.0 Å². The van der Waals surface area contributed by atoms with Crippen LogP contribution in [0, 0.1) is 0 Å². The molecule has 0 aliphatic heterocycles. The number of carbonyl (C=O) groups is 6. The minimum Gasteiger partial charge on any atom is -0.492 e. The highest BCUT2D eigenvalue weighted by Crippen LogP contribution is 2.38. The molecule has 0 bridgehead atoms. The van der Waals surface area contributed by atoms with Crippen molar-refractivity contribution in [2.24, 2.45) is 20.5 Å². The molecule has 5 rings (SSSR count). The third-order valence-electron chi connectivity index (χ3n) is 9.20. The number of halogens is 4. The van der Waals surface area contributed by atoms with Gasteiger partial charge in [-0.15, -0.1) is 23.2 Å². The molecule has 2 unspecified atom stereocenters. The molecule has 2 atom stereocenters. The van der Waals surface area contributed by atoms with Gasteiger partial charge in [0.2, 0.25) is 12.1 Å². The molecule has 20 heteroatoms. The van der Waals surface area contributed by atoms with Gasteiger partial charge in [-0.05, 0) is 87.4 Å². The molecule has 5 aromatic carbocycles. The minimum absolute atomic E-state index is 0.0165. The number of amides is 4. The van der Waals surface area contributed by atoms with Crippen LogP contribution in [-0.2, 0) is 30.9 Å². The molecule has 16 nitrogen and oxygen atoms in total. The summed E-state index contributed by atoms with van der Waals surface area (Å²) in [5.41, 5.74) is 2.97. The summed E-state index contributed by atoms with van der Waals surface area (Å²) < 4.78 is 11.6. The van der Waals surface area contributed by atoms with Gasteiger partial charge in [-0.3, -0.25) is 28.8 Å². The number of ketones is 2. The maximum atomic E-state index is 13.7. The van der Waals surface area contributed by atoms with Crippen LogP contribution in [0.2, 0.25) is 10.0 Å². The van der Waals surface area contributed by atoms with Crippen molar-refractivity contribution >= 4 is 116 Å². The van der Waals surface area contributed by atoms with E-state index in [2.05, 4.69) is 41.7 Å². The van der Waals surface area contributed by atoms with Crippen molar-refractivity contribution < 1.29 is 38.2 Å². The molecule has 4 amide bonds. The standard InChI is InChI=1S/C46H42Cl4N8O8/c1-5-65-37-21-36(54-46(64)42(26(4)60)58-56-34-12-8-10-32(40(34)50)44(62)52-30-19-15-28(24-48)16-20-30)38(66-6-2)22-35(37)53-45(63)41(25(3)59)57-55-33-11-7-9-31(39(33)49)43(61)51-29-17-13-27(23-47)14-18-29/h7-22,41-42H,5-6,23-24H2,1-4H3,(H,51,61)(H,52,62)(H,53,63)(H,54,64). The van der Waals surface area contributed by atoms with Crippen molar-refractivity contribution in [1.82, 2.24) is 0 Å². The highest BCUT2D eigenvalue weighted by molar-refractivity contribution is 6.37. The number of azo groups is 2. The van der Waals surface area contributed by atoms with Gasteiger partial charge in [-0.25, -0.2) is 0 Å². The molecule has 66 heavy (non-hydrogen) atoms. The van der Waals surface area contributed by atoms with Crippen molar-refractivity contribution in [2.45, 2.75) is 51.5 Å². The Balaban J connectivity index is 1.34. The number of nitrogens with zero attached hydrogens (tertiary/aromatic N) is 4. The van der Waals surface area contributed by atoms with E-state index in [1.807, 2.05) is 0 Å². The summed E-state index contributed by atoms with van der Waals surface area (Å²) in [4.78, 5) is 79.0. The lowest BCUT2D eigenvalue weighted by Gasteiger charge is -2.19. The first kappa shape index (κ1) is 50.3. The van der Waals surface area contributed by atoms with E-state index in [1.165, 1.54) is 48.5 Å². The first-order chi connectivity index (χ1) is 31.7. The van der Waals surface area contributed by atoms with Gasteiger partial charge in [-0.1, -0.05) is 59.6 Å². The van der Waals surface area contributed by atoms with Crippen LogP contribution >= 0.6 is 46.4 Å². The van der Waals surface area contributed by atoms with Gasteiger partial charge >= 0.3 is 0 Å². The first-order valence-corrected chi connectivity index (χ1v) is 21.9. The van der Waals surface area contributed by atoms with E-state index in [9.17, 15) is 28.8 Å². The number of Topliss-reactive ketones (excluding diaryl/α,β-unsaturated/α-hetero) is 2. The van der Waals surface area contributed by atoms with Gasteiger partial charge in [0, 0.05) is 35.3 Å². The predicted molar refractivity (Wildman–Crippen MR) is 255 cm³/mol. The molecule has 5 aromatic rings. The summed E-state index contributed by atoms with van der Waals surface area (Å²) in [7, 11) is 0. The lowest BCUT2D eigenvalue weighted by atomic mass is 10.1. The third-order valence-corrected chi connectivity index (χ3v) is 10.6. The molecular weight excluding hydrogens is 934 g/mol. The lowest BCUT2D eigenvalue weighted by molar-refractivity contribution is -0.127. The van der Waals surface area contributed by atoms with E-state index in [4.69, 9.17) is 55.9 Å². The average molecular weight is 977 g/mol. The number of carbonyl (C=O) groups excluding carboxylic acids is 6. The molecule has 0 heterocycles. The Kier molecular flexibility index (Phi) is 18.3. The van der Waals surface area contributed by atoms with E-state index < -0.39 is 47.3 Å². The van der Waals surface area contributed by atoms with Gasteiger partial charge in [-0.2, -0.15) is 20.5 Å². The Labute approximate surface area is 399 Å². The van der Waals surface area contributed by atoms with Crippen molar-refractivity contribution in [2.75, 3.05) is 34.5 Å². The Morgan fingerprint density at radius 1 is 0.545 bits per heavy atom. The van der Waals surface area contributed by atoms with Crippen molar-refractivity contribution in [3.8, 4) is 11.5 Å². The molecule has 0 aromatic heterocycles. The second-order valence-electron chi connectivity index (χ2n) is 14.0.